The topological polar surface area (TPSA) is 43.4 Å². The molecule has 1 unspecified atom stereocenters. The number of benzene rings is 1. The SMILES string of the molecule is CCC(=O)c1ccc(OC2CCC(=O)C2)cc1. The van der Waals surface area contributed by atoms with E-state index in [4.69, 9.17) is 4.74 Å². The molecule has 17 heavy (non-hydrogen) atoms. The van der Waals surface area contributed by atoms with Gasteiger partial charge in [-0.1, -0.05) is 6.92 Å². The summed E-state index contributed by atoms with van der Waals surface area (Å²) in [5.74, 6) is 1.14. The molecule has 0 radical (unpaired) electrons. The van der Waals surface area contributed by atoms with E-state index in [9.17, 15) is 9.59 Å². The zero-order valence-electron chi connectivity index (χ0n) is 9.94. The highest BCUT2D eigenvalue weighted by Crippen LogP contribution is 2.22. The fraction of sp³-hybridized carbons (Fsp3) is 0.429. The Morgan fingerprint density at radius 1 is 1.35 bits per heavy atom. The van der Waals surface area contributed by atoms with Crippen molar-refractivity contribution in [2.24, 2.45) is 0 Å². The number of Topliss-reactive ketones (excluding diaryl/α,β-unsaturated/α-hetero) is 2. The first-order chi connectivity index (χ1) is 8.19. The summed E-state index contributed by atoms with van der Waals surface area (Å²) < 4.78 is 5.68. The van der Waals surface area contributed by atoms with Gasteiger partial charge in [-0.2, -0.15) is 0 Å². The summed E-state index contributed by atoms with van der Waals surface area (Å²) in [5.41, 5.74) is 0.711. The highest BCUT2D eigenvalue weighted by atomic mass is 16.5. The number of carbonyl (C=O) groups excluding carboxylic acids is 2. The number of ether oxygens (including phenoxy) is 1. The number of carbonyl (C=O) groups is 2. The lowest BCUT2D eigenvalue weighted by Gasteiger charge is -2.12. The van der Waals surface area contributed by atoms with Crippen molar-refractivity contribution in [1.82, 2.24) is 0 Å². The summed E-state index contributed by atoms with van der Waals surface area (Å²) in [6.45, 7) is 1.84. The zero-order valence-corrected chi connectivity index (χ0v) is 9.94. The molecule has 0 aliphatic heterocycles. The van der Waals surface area contributed by atoms with Crippen LogP contribution in [0, 0.1) is 0 Å². The molecule has 0 N–H and O–H groups in total. The van der Waals surface area contributed by atoms with E-state index in [1.54, 1.807) is 24.3 Å². The molecule has 0 aromatic heterocycles. The van der Waals surface area contributed by atoms with Crippen LogP contribution in [0.1, 0.15) is 43.0 Å². The van der Waals surface area contributed by atoms with E-state index in [1.807, 2.05) is 6.92 Å². The third-order valence-electron chi connectivity index (χ3n) is 3.00. The fourth-order valence-corrected chi connectivity index (χ4v) is 2.00. The van der Waals surface area contributed by atoms with Crippen molar-refractivity contribution in [1.29, 1.82) is 0 Å². The Labute approximate surface area is 101 Å². The van der Waals surface area contributed by atoms with Crippen molar-refractivity contribution in [2.45, 2.75) is 38.7 Å². The van der Waals surface area contributed by atoms with E-state index >= 15 is 0 Å². The highest BCUT2D eigenvalue weighted by molar-refractivity contribution is 5.95. The predicted octanol–water partition coefficient (Wildman–Crippen LogP) is 2.78. The first-order valence-electron chi connectivity index (χ1n) is 6.00. The number of ketones is 2. The molecule has 0 saturated heterocycles. The van der Waals surface area contributed by atoms with Crippen molar-refractivity contribution in [3.63, 3.8) is 0 Å². The summed E-state index contributed by atoms with van der Waals surface area (Å²) >= 11 is 0. The molecule has 3 heteroatoms. The monoisotopic (exact) mass is 232 g/mol. The summed E-state index contributed by atoms with van der Waals surface area (Å²) in [7, 11) is 0. The first-order valence-corrected chi connectivity index (χ1v) is 6.00. The standard InChI is InChI=1S/C14H16O3/c1-2-14(16)10-3-6-12(7-4-10)17-13-8-5-11(15)9-13/h3-4,6-7,13H,2,5,8-9H2,1H3. The van der Waals surface area contributed by atoms with Gasteiger partial charge in [0.05, 0.1) is 0 Å². The van der Waals surface area contributed by atoms with E-state index in [-0.39, 0.29) is 17.7 Å². The Bertz CT molecular complexity index is 420. The van der Waals surface area contributed by atoms with Gasteiger partial charge >= 0.3 is 0 Å². The first kappa shape index (κ1) is 11.8. The molecule has 0 heterocycles. The van der Waals surface area contributed by atoms with Gasteiger partial charge < -0.3 is 4.74 Å². The van der Waals surface area contributed by atoms with Gasteiger partial charge in [0.15, 0.2) is 5.78 Å². The maximum Gasteiger partial charge on any atom is 0.162 e. The van der Waals surface area contributed by atoms with Gasteiger partial charge in [0.2, 0.25) is 0 Å². The quantitative estimate of drug-likeness (QED) is 0.750. The van der Waals surface area contributed by atoms with Crippen molar-refractivity contribution in [3.05, 3.63) is 29.8 Å². The summed E-state index contributed by atoms with van der Waals surface area (Å²) in [6.07, 6.45) is 2.45. The minimum absolute atomic E-state index is 0.00947. The van der Waals surface area contributed by atoms with Crippen LogP contribution >= 0.6 is 0 Å². The van der Waals surface area contributed by atoms with Crippen molar-refractivity contribution in [3.8, 4) is 5.75 Å². The molecule has 0 amide bonds. The second-order valence-electron chi connectivity index (χ2n) is 4.32. The van der Waals surface area contributed by atoms with Crippen molar-refractivity contribution in [2.75, 3.05) is 0 Å². The Morgan fingerprint density at radius 3 is 2.59 bits per heavy atom. The Hall–Kier alpha value is -1.64. The molecule has 1 fully saturated rings. The van der Waals surface area contributed by atoms with Gasteiger partial charge in [-0.15, -0.1) is 0 Å². The Balaban J connectivity index is 1.98. The maximum atomic E-state index is 11.4. The van der Waals surface area contributed by atoms with Gasteiger partial charge in [-0.05, 0) is 30.7 Å². The largest absolute Gasteiger partial charge is 0.490 e. The van der Waals surface area contributed by atoms with E-state index in [0.29, 0.717) is 24.8 Å². The Morgan fingerprint density at radius 2 is 2.06 bits per heavy atom. The molecule has 1 aliphatic rings. The average molecular weight is 232 g/mol. The van der Waals surface area contributed by atoms with Crippen LogP contribution in [-0.4, -0.2) is 17.7 Å². The summed E-state index contributed by atoms with van der Waals surface area (Å²) in [6, 6.07) is 7.15. The lowest BCUT2D eigenvalue weighted by molar-refractivity contribution is -0.117. The molecular weight excluding hydrogens is 216 g/mol. The lowest BCUT2D eigenvalue weighted by Crippen LogP contribution is -2.12. The minimum atomic E-state index is 0.00947. The van der Waals surface area contributed by atoms with Gasteiger partial charge in [0, 0.05) is 24.8 Å². The van der Waals surface area contributed by atoms with Crippen LogP contribution in [0.2, 0.25) is 0 Å². The third-order valence-corrected chi connectivity index (χ3v) is 3.00. The van der Waals surface area contributed by atoms with Crippen LogP contribution in [0.25, 0.3) is 0 Å². The molecule has 3 nitrogen and oxygen atoms in total. The van der Waals surface area contributed by atoms with Crippen molar-refractivity contribution < 1.29 is 14.3 Å². The smallest absolute Gasteiger partial charge is 0.162 e. The normalized spacial score (nSPS) is 19.4. The van der Waals surface area contributed by atoms with Gasteiger partial charge in [0.25, 0.3) is 0 Å². The molecule has 2 rings (SSSR count). The zero-order chi connectivity index (χ0) is 12.3. The van der Waals surface area contributed by atoms with Crippen LogP contribution in [0.4, 0.5) is 0 Å². The van der Waals surface area contributed by atoms with Crippen molar-refractivity contribution >= 4 is 11.6 Å². The van der Waals surface area contributed by atoms with Crippen LogP contribution in [0.15, 0.2) is 24.3 Å². The summed E-state index contributed by atoms with van der Waals surface area (Å²) in [4.78, 5) is 22.5. The summed E-state index contributed by atoms with van der Waals surface area (Å²) in [5, 5.41) is 0. The average Bonchev–Trinajstić information content (AvgIpc) is 2.75. The van der Waals surface area contributed by atoms with Gasteiger partial charge in [0.1, 0.15) is 17.6 Å². The fourth-order valence-electron chi connectivity index (χ4n) is 2.00. The molecular formula is C14H16O3. The third kappa shape index (κ3) is 2.93. The van der Waals surface area contributed by atoms with E-state index in [1.165, 1.54) is 0 Å². The minimum Gasteiger partial charge on any atom is -0.490 e. The van der Waals surface area contributed by atoms with Crippen LogP contribution < -0.4 is 4.74 Å². The second kappa shape index (κ2) is 5.13. The molecule has 1 atom stereocenters. The van der Waals surface area contributed by atoms with E-state index in [2.05, 4.69) is 0 Å². The number of rotatable bonds is 4. The van der Waals surface area contributed by atoms with Crippen LogP contribution in [0.3, 0.4) is 0 Å². The van der Waals surface area contributed by atoms with E-state index < -0.39 is 0 Å². The molecule has 1 aromatic carbocycles. The van der Waals surface area contributed by atoms with Crippen LogP contribution in [0.5, 0.6) is 5.75 Å². The molecule has 1 saturated carbocycles. The molecule has 1 aliphatic carbocycles. The molecule has 0 spiro atoms. The molecule has 0 bridgehead atoms. The molecule has 90 valence electrons. The number of hydrogen-bond donors (Lipinski definition) is 0. The predicted molar refractivity (Wildman–Crippen MR) is 64.3 cm³/mol. The maximum absolute atomic E-state index is 11.4. The van der Waals surface area contributed by atoms with Crippen LogP contribution in [-0.2, 0) is 4.79 Å². The molecule has 1 aromatic rings. The Kier molecular flexibility index (Phi) is 3.57. The van der Waals surface area contributed by atoms with E-state index in [0.717, 1.165) is 12.2 Å². The second-order valence-corrected chi connectivity index (χ2v) is 4.32. The lowest BCUT2D eigenvalue weighted by atomic mass is 10.1. The highest BCUT2D eigenvalue weighted by Gasteiger charge is 2.23. The number of hydrogen-bond acceptors (Lipinski definition) is 3. The van der Waals surface area contributed by atoms with Gasteiger partial charge in [-0.3, -0.25) is 9.59 Å². The van der Waals surface area contributed by atoms with Gasteiger partial charge in [-0.25, -0.2) is 0 Å².